The molecule has 4 rings (SSSR count). The molecular weight excluding hydrogens is 462 g/mol. The van der Waals surface area contributed by atoms with Crippen molar-refractivity contribution in [3.05, 3.63) is 21.7 Å². The van der Waals surface area contributed by atoms with Gasteiger partial charge in [-0.05, 0) is 46.5 Å². The molecule has 1 aromatic rings. The summed E-state index contributed by atoms with van der Waals surface area (Å²) in [6.45, 7) is 7.45. The van der Waals surface area contributed by atoms with E-state index in [1.165, 1.54) is 6.42 Å². The third-order valence-electron chi connectivity index (χ3n) is 7.02. The number of H-pyrrole nitrogens is 1. The number of nitrogens with zero attached hydrogens (tertiary/aromatic N) is 3. The molecule has 3 aliphatic rings. The van der Waals surface area contributed by atoms with Crippen LogP contribution in [0.2, 0.25) is 0 Å². The van der Waals surface area contributed by atoms with Crippen molar-refractivity contribution in [3.8, 4) is 0 Å². The number of amides is 3. The number of rotatable bonds is 5. The monoisotopic (exact) mass is 501 g/mol. The van der Waals surface area contributed by atoms with Crippen molar-refractivity contribution in [2.75, 3.05) is 31.5 Å². The van der Waals surface area contributed by atoms with Crippen LogP contribution in [0, 0.1) is 5.41 Å². The molecule has 11 nitrogen and oxygen atoms in total. The fourth-order valence-electron chi connectivity index (χ4n) is 5.05. The summed E-state index contributed by atoms with van der Waals surface area (Å²) in [5.41, 5.74) is -0.650. The summed E-state index contributed by atoms with van der Waals surface area (Å²) in [4.78, 5) is 48.6. The number of likely N-dealkylation sites (tertiary alicyclic amines) is 2. The van der Waals surface area contributed by atoms with Gasteiger partial charge in [-0.2, -0.15) is 0 Å². The maximum Gasteiger partial charge on any atom is 0.410 e. The van der Waals surface area contributed by atoms with E-state index >= 15 is 0 Å². The Bertz CT molecular complexity index is 1020. The molecule has 0 bridgehead atoms. The van der Waals surface area contributed by atoms with E-state index in [1.807, 2.05) is 20.8 Å². The third kappa shape index (κ3) is 6.36. The van der Waals surface area contributed by atoms with Crippen molar-refractivity contribution in [1.29, 1.82) is 5.41 Å². The van der Waals surface area contributed by atoms with Crippen molar-refractivity contribution in [2.45, 2.75) is 89.3 Å². The summed E-state index contributed by atoms with van der Waals surface area (Å²) in [6.07, 6.45) is 7.89. The van der Waals surface area contributed by atoms with Crippen LogP contribution in [0.25, 0.3) is 0 Å². The number of carbonyl (C=O) groups excluding carboxylic acids is 2. The van der Waals surface area contributed by atoms with Crippen LogP contribution in [0.15, 0.2) is 4.79 Å². The number of nitrogens with one attached hydrogen (secondary N) is 4. The zero-order valence-electron chi connectivity index (χ0n) is 21.6. The Labute approximate surface area is 211 Å². The molecule has 3 heterocycles. The zero-order chi connectivity index (χ0) is 25.9. The van der Waals surface area contributed by atoms with Crippen molar-refractivity contribution in [3.63, 3.8) is 0 Å². The lowest BCUT2D eigenvalue weighted by Gasteiger charge is -2.40. The highest BCUT2D eigenvalue weighted by atomic mass is 16.6. The van der Waals surface area contributed by atoms with E-state index in [-0.39, 0.29) is 41.2 Å². The van der Waals surface area contributed by atoms with Gasteiger partial charge in [0, 0.05) is 44.5 Å². The molecule has 4 N–H and O–H groups in total. The van der Waals surface area contributed by atoms with Crippen molar-refractivity contribution >= 4 is 24.2 Å². The number of hydrogen-bond acceptors (Lipinski definition) is 7. The van der Waals surface area contributed by atoms with Crippen molar-refractivity contribution in [2.24, 2.45) is 0 Å². The summed E-state index contributed by atoms with van der Waals surface area (Å²) in [5, 5.41) is 14.1. The maximum atomic E-state index is 12.8. The zero-order valence-corrected chi connectivity index (χ0v) is 21.6. The highest BCUT2D eigenvalue weighted by Crippen LogP contribution is 2.27. The quantitative estimate of drug-likeness (QED) is 0.457. The number of hydrogen-bond donors (Lipinski definition) is 4. The van der Waals surface area contributed by atoms with E-state index in [9.17, 15) is 14.4 Å². The highest BCUT2D eigenvalue weighted by Gasteiger charge is 2.36. The second-order valence-electron chi connectivity index (χ2n) is 11.2. The van der Waals surface area contributed by atoms with E-state index in [2.05, 4.69) is 20.6 Å². The van der Waals surface area contributed by atoms with Crippen LogP contribution >= 0.6 is 0 Å². The smallest absolute Gasteiger partial charge is 0.410 e. The number of ether oxygens (including phenoxy) is 1. The minimum Gasteiger partial charge on any atom is -0.444 e. The third-order valence-corrected chi connectivity index (χ3v) is 7.02. The molecule has 2 saturated heterocycles. The average Bonchev–Trinajstić information content (AvgIpc) is 2.78. The first-order chi connectivity index (χ1) is 17.1. The summed E-state index contributed by atoms with van der Waals surface area (Å²) >= 11 is 0. The van der Waals surface area contributed by atoms with Crippen LogP contribution in [0.5, 0.6) is 0 Å². The first-order valence-electron chi connectivity index (χ1n) is 13.1. The van der Waals surface area contributed by atoms with Gasteiger partial charge in [-0.25, -0.2) is 14.6 Å². The lowest BCUT2D eigenvalue weighted by molar-refractivity contribution is 0.0187. The average molecular weight is 502 g/mol. The SMILES string of the molecule is CC(C)(C)OC(=O)N1CCCC(NC(=O)N2CC(c3nc(NC4CCCCC4)c(C=N)c(=O)[nH]3)C2)C1. The molecule has 11 heteroatoms. The van der Waals surface area contributed by atoms with E-state index in [4.69, 9.17) is 10.1 Å². The van der Waals surface area contributed by atoms with Crippen LogP contribution in [0.4, 0.5) is 15.4 Å². The number of anilines is 1. The van der Waals surface area contributed by atoms with Gasteiger partial charge in [0.1, 0.15) is 17.2 Å². The number of carbonyl (C=O) groups is 2. The number of aromatic nitrogens is 2. The van der Waals surface area contributed by atoms with Gasteiger partial charge in [0.2, 0.25) is 0 Å². The number of urea groups is 1. The lowest BCUT2D eigenvalue weighted by Crippen LogP contribution is -2.58. The molecule has 0 spiro atoms. The van der Waals surface area contributed by atoms with Crippen LogP contribution in [-0.2, 0) is 4.74 Å². The molecular formula is C25H39N7O4. The predicted octanol–water partition coefficient (Wildman–Crippen LogP) is 3.02. The van der Waals surface area contributed by atoms with Crippen LogP contribution in [0.3, 0.4) is 0 Å². The second kappa shape index (κ2) is 10.9. The maximum absolute atomic E-state index is 12.8. The molecule has 0 aromatic carbocycles. The van der Waals surface area contributed by atoms with Crippen molar-refractivity contribution in [1.82, 2.24) is 25.1 Å². The highest BCUT2D eigenvalue weighted by molar-refractivity contribution is 5.83. The summed E-state index contributed by atoms with van der Waals surface area (Å²) in [6, 6.07) is -0.0470. The Kier molecular flexibility index (Phi) is 7.85. The summed E-state index contributed by atoms with van der Waals surface area (Å²) in [5.74, 6) is 0.935. The molecule has 3 amide bonds. The second-order valence-corrected chi connectivity index (χ2v) is 11.2. The standard InChI is InChI=1S/C25H39N7O4/c1-25(2,3)36-24(35)31-11-7-10-18(15-31)28-23(34)32-13-16(14-32)20-29-21(19(12-26)22(33)30-20)27-17-8-5-4-6-9-17/h12,16-18,26H,4-11,13-15H2,1-3H3,(H,28,34)(H2,27,29,30,33). The van der Waals surface area contributed by atoms with E-state index < -0.39 is 5.60 Å². The molecule has 3 fully saturated rings. The molecule has 36 heavy (non-hydrogen) atoms. The fraction of sp³-hybridized carbons (Fsp3) is 0.720. The normalized spacial score (nSPS) is 21.5. The van der Waals surface area contributed by atoms with Gasteiger partial charge >= 0.3 is 12.1 Å². The van der Waals surface area contributed by atoms with E-state index in [0.717, 1.165) is 44.7 Å². The number of piperidine rings is 1. The van der Waals surface area contributed by atoms with Gasteiger partial charge in [0.05, 0.1) is 11.5 Å². The van der Waals surface area contributed by atoms with Gasteiger partial charge in [-0.1, -0.05) is 19.3 Å². The Morgan fingerprint density at radius 1 is 1.06 bits per heavy atom. The Hall–Kier alpha value is -3.11. The first kappa shape index (κ1) is 26.0. The van der Waals surface area contributed by atoms with Crippen LogP contribution < -0.4 is 16.2 Å². The van der Waals surface area contributed by atoms with E-state index in [0.29, 0.717) is 37.8 Å². The summed E-state index contributed by atoms with van der Waals surface area (Å²) < 4.78 is 5.47. The van der Waals surface area contributed by atoms with Gasteiger partial charge in [0.25, 0.3) is 5.56 Å². The topological polar surface area (TPSA) is 144 Å². The minimum atomic E-state index is -0.558. The Balaban J connectivity index is 1.32. The first-order valence-corrected chi connectivity index (χ1v) is 13.1. The number of aromatic amines is 1. The van der Waals surface area contributed by atoms with Gasteiger partial charge in [-0.3, -0.25) is 4.79 Å². The molecule has 0 radical (unpaired) electrons. The fourth-order valence-corrected chi connectivity index (χ4v) is 5.05. The Morgan fingerprint density at radius 3 is 2.42 bits per heavy atom. The Morgan fingerprint density at radius 2 is 1.75 bits per heavy atom. The van der Waals surface area contributed by atoms with Crippen molar-refractivity contribution < 1.29 is 14.3 Å². The van der Waals surface area contributed by atoms with Crippen LogP contribution in [0.1, 0.15) is 83.0 Å². The molecule has 1 unspecified atom stereocenters. The lowest BCUT2D eigenvalue weighted by atomic mass is 9.95. The minimum absolute atomic E-state index is 0.0697. The van der Waals surface area contributed by atoms with Gasteiger partial charge in [0.15, 0.2) is 0 Å². The molecule has 1 aromatic heterocycles. The van der Waals surface area contributed by atoms with Gasteiger partial charge in [-0.15, -0.1) is 0 Å². The molecule has 198 valence electrons. The molecule has 1 atom stereocenters. The summed E-state index contributed by atoms with van der Waals surface area (Å²) in [7, 11) is 0. The molecule has 1 saturated carbocycles. The molecule has 2 aliphatic heterocycles. The van der Waals surface area contributed by atoms with Gasteiger partial charge < -0.3 is 35.6 Å². The predicted molar refractivity (Wildman–Crippen MR) is 137 cm³/mol. The largest absolute Gasteiger partial charge is 0.444 e. The van der Waals surface area contributed by atoms with E-state index in [1.54, 1.807) is 9.80 Å². The molecule has 1 aliphatic carbocycles. The van der Waals surface area contributed by atoms with Crippen LogP contribution in [-0.4, -0.2) is 82.0 Å².